The Balaban J connectivity index is 1.95. The van der Waals surface area contributed by atoms with Crippen LogP contribution >= 0.6 is 23.1 Å². The first-order chi connectivity index (χ1) is 11.1. The molecule has 1 N–H and O–H groups in total. The lowest BCUT2D eigenvalue weighted by atomic mass is 10.0. The Morgan fingerprint density at radius 3 is 2.78 bits per heavy atom. The van der Waals surface area contributed by atoms with Crippen molar-refractivity contribution in [2.24, 2.45) is 0 Å². The van der Waals surface area contributed by atoms with Crippen LogP contribution in [0.25, 0.3) is 6.08 Å². The summed E-state index contributed by atoms with van der Waals surface area (Å²) in [6.07, 6.45) is 3.41. The third kappa shape index (κ3) is 3.02. The molecule has 1 unspecified atom stereocenters. The standard InChI is InChI=1S/C16H14N2O3S2/c1-20-10-4-3-9(11(8-10)21-2)7-12-14(19)13(15(17)23-12)16-18-5-6-22-16/h3-8,13,17H,1-2H3. The summed E-state index contributed by atoms with van der Waals surface area (Å²) < 4.78 is 10.5. The highest BCUT2D eigenvalue weighted by molar-refractivity contribution is 8.19. The molecular weight excluding hydrogens is 332 g/mol. The Morgan fingerprint density at radius 1 is 1.30 bits per heavy atom. The topological polar surface area (TPSA) is 72.3 Å². The molecule has 0 spiro atoms. The number of benzene rings is 1. The molecule has 2 aromatic rings. The average molecular weight is 346 g/mol. The van der Waals surface area contributed by atoms with E-state index < -0.39 is 5.92 Å². The zero-order chi connectivity index (χ0) is 16.4. The number of nitrogens with zero attached hydrogens (tertiary/aromatic N) is 1. The van der Waals surface area contributed by atoms with Crippen LogP contribution in [0.15, 0.2) is 34.7 Å². The van der Waals surface area contributed by atoms with Gasteiger partial charge in [0.15, 0.2) is 5.78 Å². The van der Waals surface area contributed by atoms with E-state index in [1.54, 1.807) is 32.6 Å². The number of aromatic nitrogens is 1. The van der Waals surface area contributed by atoms with E-state index in [9.17, 15) is 4.79 Å². The summed E-state index contributed by atoms with van der Waals surface area (Å²) in [7, 11) is 3.16. The van der Waals surface area contributed by atoms with E-state index in [0.29, 0.717) is 26.5 Å². The van der Waals surface area contributed by atoms with E-state index in [4.69, 9.17) is 14.9 Å². The van der Waals surface area contributed by atoms with E-state index >= 15 is 0 Å². The highest BCUT2D eigenvalue weighted by Crippen LogP contribution is 2.42. The van der Waals surface area contributed by atoms with Crippen molar-refractivity contribution in [3.05, 3.63) is 45.3 Å². The van der Waals surface area contributed by atoms with E-state index in [-0.39, 0.29) is 5.78 Å². The van der Waals surface area contributed by atoms with Gasteiger partial charge in [-0.2, -0.15) is 0 Å². The molecule has 1 aliphatic rings. The number of hydrogen-bond acceptors (Lipinski definition) is 7. The van der Waals surface area contributed by atoms with E-state index in [2.05, 4.69) is 4.98 Å². The van der Waals surface area contributed by atoms with Crippen LogP contribution in [0.3, 0.4) is 0 Å². The van der Waals surface area contributed by atoms with Gasteiger partial charge in [-0.1, -0.05) is 11.8 Å². The molecule has 1 fully saturated rings. The lowest BCUT2D eigenvalue weighted by molar-refractivity contribution is -0.114. The number of nitrogens with one attached hydrogen (secondary N) is 1. The minimum absolute atomic E-state index is 0.0900. The quantitative estimate of drug-likeness (QED) is 0.857. The maximum Gasteiger partial charge on any atom is 0.186 e. The normalized spacial score (nSPS) is 19.4. The molecule has 118 valence electrons. The zero-order valence-corrected chi connectivity index (χ0v) is 14.2. The highest BCUT2D eigenvalue weighted by Gasteiger charge is 2.38. The lowest BCUT2D eigenvalue weighted by Gasteiger charge is -2.08. The Labute approximate surface area is 141 Å². The molecule has 1 aliphatic heterocycles. The molecule has 0 amide bonds. The number of carbonyl (C=O) groups is 1. The van der Waals surface area contributed by atoms with Crippen molar-refractivity contribution >= 4 is 40.0 Å². The minimum Gasteiger partial charge on any atom is -0.497 e. The van der Waals surface area contributed by atoms with Gasteiger partial charge in [0.1, 0.15) is 22.4 Å². The number of rotatable bonds is 4. The van der Waals surface area contributed by atoms with Crippen LogP contribution in [0, 0.1) is 5.41 Å². The van der Waals surface area contributed by atoms with Gasteiger partial charge in [0.25, 0.3) is 0 Å². The van der Waals surface area contributed by atoms with Crippen molar-refractivity contribution in [2.45, 2.75) is 5.92 Å². The first-order valence-corrected chi connectivity index (χ1v) is 8.47. The monoisotopic (exact) mass is 346 g/mol. The van der Waals surface area contributed by atoms with Gasteiger partial charge < -0.3 is 9.47 Å². The van der Waals surface area contributed by atoms with Crippen molar-refractivity contribution in [1.82, 2.24) is 4.98 Å². The molecule has 1 atom stereocenters. The van der Waals surface area contributed by atoms with E-state index in [0.717, 1.165) is 5.56 Å². The van der Waals surface area contributed by atoms with Crippen LogP contribution in [0.1, 0.15) is 16.5 Å². The zero-order valence-electron chi connectivity index (χ0n) is 12.5. The SMILES string of the molecule is COc1ccc(C=C2SC(=N)C(c3nccs3)C2=O)c(OC)c1. The third-order valence-electron chi connectivity index (χ3n) is 3.41. The maximum atomic E-state index is 12.6. The fourth-order valence-electron chi connectivity index (χ4n) is 2.27. The number of carbonyl (C=O) groups excluding carboxylic acids is 1. The molecule has 23 heavy (non-hydrogen) atoms. The van der Waals surface area contributed by atoms with Gasteiger partial charge in [-0.15, -0.1) is 11.3 Å². The van der Waals surface area contributed by atoms with Crippen LogP contribution in [0.2, 0.25) is 0 Å². The fourth-order valence-corrected chi connectivity index (χ4v) is 4.07. The summed E-state index contributed by atoms with van der Waals surface area (Å²) in [6, 6.07) is 5.40. The lowest BCUT2D eigenvalue weighted by Crippen LogP contribution is -2.11. The van der Waals surface area contributed by atoms with Gasteiger partial charge in [-0.25, -0.2) is 4.98 Å². The molecule has 5 nitrogen and oxygen atoms in total. The van der Waals surface area contributed by atoms with Gasteiger partial charge in [0.05, 0.1) is 24.2 Å². The van der Waals surface area contributed by atoms with E-state index in [1.165, 1.54) is 23.1 Å². The molecule has 7 heteroatoms. The number of thiazole rings is 1. The number of ether oxygens (including phenoxy) is 2. The fraction of sp³-hybridized carbons (Fsp3) is 0.188. The molecule has 1 aromatic heterocycles. The predicted octanol–water partition coefficient (Wildman–Crippen LogP) is 3.58. The van der Waals surface area contributed by atoms with Crippen molar-refractivity contribution in [3.63, 3.8) is 0 Å². The molecule has 0 radical (unpaired) electrons. The summed E-state index contributed by atoms with van der Waals surface area (Å²) in [5.41, 5.74) is 0.775. The number of ketones is 1. The second kappa shape index (κ2) is 6.55. The smallest absolute Gasteiger partial charge is 0.186 e. The summed E-state index contributed by atoms with van der Waals surface area (Å²) >= 11 is 2.57. The highest BCUT2D eigenvalue weighted by atomic mass is 32.2. The Kier molecular flexibility index (Phi) is 4.49. The van der Waals surface area contributed by atoms with E-state index in [1.807, 2.05) is 17.5 Å². The predicted molar refractivity (Wildman–Crippen MR) is 92.7 cm³/mol. The molecule has 0 aliphatic carbocycles. The molecule has 1 saturated heterocycles. The molecule has 2 heterocycles. The molecular formula is C16H14N2O3S2. The Hall–Kier alpha value is -2.12. The maximum absolute atomic E-state index is 12.6. The van der Waals surface area contributed by atoms with Gasteiger partial charge in [0, 0.05) is 23.2 Å². The molecule has 0 bridgehead atoms. The number of allylic oxidation sites excluding steroid dienone is 1. The van der Waals surface area contributed by atoms with Crippen molar-refractivity contribution in [2.75, 3.05) is 14.2 Å². The van der Waals surface area contributed by atoms with Gasteiger partial charge >= 0.3 is 0 Å². The summed E-state index contributed by atoms with van der Waals surface area (Å²) in [4.78, 5) is 17.3. The Bertz CT molecular complexity index is 785. The van der Waals surface area contributed by atoms with Crippen LogP contribution in [-0.2, 0) is 4.79 Å². The van der Waals surface area contributed by atoms with Crippen LogP contribution < -0.4 is 9.47 Å². The summed E-state index contributed by atoms with van der Waals surface area (Å²) in [5.74, 6) is 0.639. The average Bonchev–Trinajstić information content (AvgIpc) is 3.16. The minimum atomic E-state index is -0.574. The number of hydrogen-bond donors (Lipinski definition) is 1. The second-order valence-corrected chi connectivity index (χ2v) is 6.76. The third-order valence-corrected chi connectivity index (χ3v) is 5.25. The summed E-state index contributed by atoms with van der Waals surface area (Å²) in [5, 5.41) is 10.9. The van der Waals surface area contributed by atoms with Gasteiger partial charge in [0.2, 0.25) is 0 Å². The molecule has 1 aromatic carbocycles. The first-order valence-electron chi connectivity index (χ1n) is 6.77. The van der Waals surface area contributed by atoms with Crippen molar-refractivity contribution < 1.29 is 14.3 Å². The number of Topliss-reactive ketones (excluding diaryl/α,β-unsaturated/α-hetero) is 1. The van der Waals surface area contributed by atoms with Crippen LogP contribution in [0.4, 0.5) is 0 Å². The second-order valence-electron chi connectivity index (χ2n) is 4.75. The number of methoxy groups -OCH3 is 2. The van der Waals surface area contributed by atoms with Crippen molar-refractivity contribution in [3.8, 4) is 11.5 Å². The largest absolute Gasteiger partial charge is 0.497 e. The van der Waals surface area contributed by atoms with Crippen LogP contribution in [0.5, 0.6) is 11.5 Å². The number of thioether (sulfide) groups is 1. The van der Waals surface area contributed by atoms with Crippen LogP contribution in [-0.4, -0.2) is 30.0 Å². The van der Waals surface area contributed by atoms with Crippen molar-refractivity contribution in [1.29, 1.82) is 5.41 Å². The Morgan fingerprint density at radius 2 is 2.13 bits per heavy atom. The molecule has 0 saturated carbocycles. The summed E-state index contributed by atoms with van der Waals surface area (Å²) in [6.45, 7) is 0. The van der Waals surface area contributed by atoms with Gasteiger partial charge in [-0.3, -0.25) is 10.2 Å². The first kappa shape index (κ1) is 15.8. The van der Waals surface area contributed by atoms with Gasteiger partial charge in [-0.05, 0) is 18.2 Å². The molecule has 3 rings (SSSR count).